The Morgan fingerprint density at radius 3 is 2.19 bits per heavy atom. The van der Waals surface area contributed by atoms with Gasteiger partial charge >= 0.3 is 5.97 Å². The smallest absolute Gasteiger partial charge is 0.326 e. The molecule has 27 heavy (non-hydrogen) atoms. The number of amides is 3. The predicted molar refractivity (Wildman–Crippen MR) is 104 cm³/mol. The molecule has 3 atom stereocenters. The van der Waals surface area contributed by atoms with Gasteiger partial charge in [-0.1, -0.05) is 20.3 Å². The van der Waals surface area contributed by atoms with Gasteiger partial charge in [0.1, 0.15) is 12.1 Å². The highest BCUT2D eigenvalue weighted by molar-refractivity contribution is 7.80. The van der Waals surface area contributed by atoms with E-state index in [0.29, 0.717) is 19.4 Å². The van der Waals surface area contributed by atoms with Crippen molar-refractivity contribution >= 4 is 36.3 Å². The summed E-state index contributed by atoms with van der Waals surface area (Å²) in [7, 11) is 0. The minimum Gasteiger partial charge on any atom is -0.480 e. The van der Waals surface area contributed by atoms with E-state index in [-0.39, 0.29) is 11.7 Å². The first-order valence-electron chi connectivity index (χ1n) is 8.80. The molecule has 0 aromatic heterocycles. The average molecular weight is 406 g/mol. The summed E-state index contributed by atoms with van der Waals surface area (Å²) < 4.78 is 0. The lowest BCUT2D eigenvalue weighted by Gasteiger charge is -2.20. The molecule has 0 aliphatic rings. The van der Waals surface area contributed by atoms with Crippen LogP contribution in [0.5, 0.6) is 0 Å². The van der Waals surface area contributed by atoms with Crippen LogP contribution in [0.1, 0.15) is 33.1 Å². The number of thiol groups is 1. The van der Waals surface area contributed by atoms with Crippen molar-refractivity contribution in [1.29, 1.82) is 0 Å². The van der Waals surface area contributed by atoms with Crippen molar-refractivity contribution < 1.29 is 24.3 Å². The zero-order valence-electron chi connectivity index (χ0n) is 15.7. The lowest BCUT2D eigenvalue weighted by Crippen LogP contribution is -2.54. The van der Waals surface area contributed by atoms with Gasteiger partial charge in [-0.25, -0.2) is 4.79 Å². The fraction of sp³-hybridized carbons (Fsp3) is 0.750. The van der Waals surface area contributed by atoms with Gasteiger partial charge in [0, 0.05) is 5.75 Å². The van der Waals surface area contributed by atoms with E-state index in [0.717, 1.165) is 6.42 Å². The Bertz CT molecular complexity index is 517. The van der Waals surface area contributed by atoms with Gasteiger partial charge in [0.2, 0.25) is 17.7 Å². The number of hydrogen-bond donors (Lipinski definition) is 7. The molecule has 11 heteroatoms. The van der Waals surface area contributed by atoms with Crippen LogP contribution in [0.2, 0.25) is 0 Å². The molecule has 156 valence electrons. The fourth-order valence-electron chi connectivity index (χ4n) is 2.14. The van der Waals surface area contributed by atoms with Crippen LogP contribution < -0.4 is 27.4 Å². The van der Waals surface area contributed by atoms with Crippen molar-refractivity contribution in [2.45, 2.75) is 51.2 Å². The molecule has 3 amide bonds. The SMILES string of the molecule is CC(C)C(NC(=O)CNC(=O)C(CS)NC(=O)C(N)CCCCN)C(=O)O. The van der Waals surface area contributed by atoms with Crippen LogP contribution in [0, 0.1) is 5.92 Å². The summed E-state index contributed by atoms with van der Waals surface area (Å²) in [5.74, 6) is -3.21. The minimum atomic E-state index is -1.16. The number of carboxylic acids is 1. The number of rotatable bonds is 13. The summed E-state index contributed by atoms with van der Waals surface area (Å²) in [6, 6.07) is -2.78. The van der Waals surface area contributed by atoms with Crippen LogP contribution in [-0.2, 0) is 19.2 Å². The van der Waals surface area contributed by atoms with E-state index in [4.69, 9.17) is 16.6 Å². The zero-order chi connectivity index (χ0) is 21.0. The number of nitrogens with two attached hydrogens (primary N) is 2. The van der Waals surface area contributed by atoms with Crippen LogP contribution in [0.25, 0.3) is 0 Å². The number of carboxylic acid groups (broad SMARTS) is 1. The van der Waals surface area contributed by atoms with E-state index in [1.807, 2.05) is 0 Å². The second-order valence-electron chi connectivity index (χ2n) is 6.48. The van der Waals surface area contributed by atoms with E-state index >= 15 is 0 Å². The third-order valence-corrected chi connectivity index (χ3v) is 4.16. The topological polar surface area (TPSA) is 177 Å². The van der Waals surface area contributed by atoms with Crippen LogP contribution in [-0.4, -0.2) is 65.8 Å². The van der Waals surface area contributed by atoms with Gasteiger partial charge in [-0.2, -0.15) is 12.6 Å². The first-order valence-corrected chi connectivity index (χ1v) is 9.44. The maximum Gasteiger partial charge on any atom is 0.326 e. The Hall–Kier alpha value is -1.85. The molecule has 0 saturated heterocycles. The number of hydrogen-bond acceptors (Lipinski definition) is 7. The van der Waals surface area contributed by atoms with Gasteiger partial charge in [0.15, 0.2) is 0 Å². The second kappa shape index (κ2) is 13.3. The molecule has 0 rings (SSSR count). The summed E-state index contributed by atoms with van der Waals surface area (Å²) in [5, 5.41) is 16.2. The van der Waals surface area contributed by atoms with E-state index in [9.17, 15) is 19.2 Å². The van der Waals surface area contributed by atoms with Crippen molar-refractivity contribution in [3.63, 3.8) is 0 Å². The van der Waals surface area contributed by atoms with Crippen LogP contribution in [0.15, 0.2) is 0 Å². The van der Waals surface area contributed by atoms with Crippen molar-refractivity contribution in [3.05, 3.63) is 0 Å². The molecule has 0 radical (unpaired) electrons. The quantitative estimate of drug-likeness (QED) is 0.140. The summed E-state index contributed by atoms with van der Waals surface area (Å²) >= 11 is 4.03. The third-order valence-electron chi connectivity index (χ3n) is 3.79. The van der Waals surface area contributed by atoms with Crippen LogP contribution in [0.4, 0.5) is 0 Å². The molecule has 0 aromatic rings. The maximum atomic E-state index is 12.1. The highest BCUT2D eigenvalue weighted by Crippen LogP contribution is 2.01. The zero-order valence-corrected chi connectivity index (χ0v) is 16.6. The molecule has 3 unspecified atom stereocenters. The Morgan fingerprint density at radius 2 is 1.70 bits per heavy atom. The first-order chi connectivity index (χ1) is 12.6. The largest absolute Gasteiger partial charge is 0.480 e. The molecule has 0 bridgehead atoms. The van der Waals surface area contributed by atoms with Crippen molar-refractivity contribution in [2.24, 2.45) is 17.4 Å². The molecule has 8 N–H and O–H groups in total. The van der Waals surface area contributed by atoms with Gasteiger partial charge in [0.25, 0.3) is 0 Å². The number of carbonyl (C=O) groups is 4. The Balaban J connectivity index is 4.49. The molecule has 0 saturated carbocycles. The minimum absolute atomic E-state index is 0.0124. The Morgan fingerprint density at radius 1 is 1.07 bits per heavy atom. The van der Waals surface area contributed by atoms with Gasteiger partial charge in [-0.05, 0) is 25.3 Å². The third kappa shape index (κ3) is 10.2. The lowest BCUT2D eigenvalue weighted by atomic mass is 10.1. The van der Waals surface area contributed by atoms with Gasteiger partial charge < -0.3 is 32.5 Å². The number of aliphatic carboxylic acids is 1. The Labute approximate surface area is 164 Å². The highest BCUT2D eigenvalue weighted by atomic mass is 32.1. The summed E-state index contributed by atoms with van der Waals surface area (Å²) in [6.07, 6.45) is 1.89. The summed E-state index contributed by atoms with van der Waals surface area (Å²) in [6.45, 7) is 3.40. The van der Waals surface area contributed by atoms with E-state index < -0.39 is 48.4 Å². The second-order valence-corrected chi connectivity index (χ2v) is 6.85. The van der Waals surface area contributed by atoms with Crippen molar-refractivity contribution in [3.8, 4) is 0 Å². The normalized spacial score (nSPS) is 14.1. The molecular formula is C16H31N5O5S. The summed E-state index contributed by atoms with van der Waals surface area (Å²) in [5.41, 5.74) is 11.1. The monoisotopic (exact) mass is 405 g/mol. The molecule has 0 aromatic carbocycles. The average Bonchev–Trinajstić information content (AvgIpc) is 2.61. The Kier molecular flexibility index (Phi) is 12.4. The first kappa shape index (κ1) is 25.1. The molecule has 0 spiro atoms. The van der Waals surface area contributed by atoms with Gasteiger partial charge in [-0.3, -0.25) is 14.4 Å². The number of nitrogens with one attached hydrogen (secondary N) is 3. The molecule has 0 aliphatic carbocycles. The lowest BCUT2D eigenvalue weighted by molar-refractivity contribution is -0.143. The van der Waals surface area contributed by atoms with Crippen LogP contribution in [0.3, 0.4) is 0 Å². The van der Waals surface area contributed by atoms with E-state index in [2.05, 4.69) is 28.6 Å². The highest BCUT2D eigenvalue weighted by Gasteiger charge is 2.25. The molecule has 10 nitrogen and oxygen atoms in total. The van der Waals surface area contributed by atoms with Crippen molar-refractivity contribution in [1.82, 2.24) is 16.0 Å². The van der Waals surface area contributed by atoms with E-state index in [1.165, 1.54) is 0 Å². The molecular weight excluding hydrogens is 374 g/mol. The fourth-order valence-corrected chi connectivity index (χ4v) is 2.40. The molecule has 0 heterocycles. The number of unbranched alkanes of at least 4 members (excludes halogenated alkanes) is 1. The van der Waals surface area contributed by atoms with Crippen LogP contribution >= 0.6 is 12.6 Å². The van der Waals surface area contributed by atoms with Crippen molar-refractivity contribution in [2.75, 3.05) is 18.8 Å². The summed E-state index contributed by atoms with van der Waals surface area (Å²) in [4.78, 5) is 47.0. The van der Waals surface area contributed by atoms with Gasteiger partial charge in [0.05, 0.1) is 12.6 Å². The standard InChI is InChI=1S/C16H31N5O5S/c1-9(2)13(16(25)26)21-12(22)7-19-15(24)11(8-27)20-14(23)10(18)5-3-4-6-17/h9-11,13,27H,3-8,17-18H2,1-2H3,(H,19,24)(H,20,23)(H,21,22)(H,25,26). The molecule has 0 aliphatic heterocycles. The predicted octanol–water partition coefficient (Wildman–Crippen LogP) is -1.80. The molecule has 0 fully saturated rings. The van der Waals surface area contributed by atoms with Gasteiger partial charge in [-0.15, -0.1) is 0 Å². The number of carbonyl (C=O) groups excluding carboxylic acids is 3. The maximum absolute atomic E-state index is 12.1. The van der Waals surface area contributed by atoms with E-state index in [1.54, 1.807) is 13.8 Å².